The van der Waals surface area contributed by atoms with E-state index < -0.39 is 38.5 Å². The van der Waals surface area contributed by atoms with Gasteiger partial charge >= 0.3 is 5.69 Å². The summed E-state index contributed by atoms with van der Waals surface area (Å²) in [4.78, 5) is 19.7. The highest BCUT2D eigenvalue weighted by atomic mass is 16.6. The Morgan fingerprint density at radius 2 is 1.71 bits per heavy atom. The van der Waals surface area contributed by atoms with Gasteiger partial charge in [0.1, 0.15) is 18.2 Å². The van der Waals surface area contributed by atoms with Crippen LogP contribution in [0.1, 0.15) is 5.56 Å². The summed E-state index contributed by atoms with van der Waals surface area (Å²) in [7, 11) is 0. The maximum absolute atomic E-state index is 10.9. The summed E-state index contributed by atoms with van der Waals surface area (Å²) in [5.41, 5.74) is -2.49. The number of nitro benzene ring substituents is 2. The first kappa shape index (κ1) is 15.1. The van der Waals surface area contributed by atoms with Crippen molar-refractivity contribution in [3.8, 4) is 18.2 Å². The quantitative estimate of drug-likeness (QED) is 0.459. The third kappa shape index (κ3) is 3.30. The summed E-state index contributed by atoms with van der Waals surface area (Å²) < 4.78 is 0. The van der Waals surface area contributed by atoms with Crippen molar-refractivity contribution >= 4 is 17.1 Å². The predicted octanol–water partition coefficient (Wildman–Crippen LogP) is 1.87. The molecule has 0 aromatic heterocycles. The van der Waals surface area contributed by atoms with Crippen LogP contribution in [0.15, 0.2) is 22.4 Å². The standard InChI is InChI=1S/C10H3N7O4/c11-3-6-1-8(16(18)19)2-9(17(20)21)10(6)15-14-7(4-12)5-13/h1-2,7H. The second-order valence-corrected chi connectivity index (χ2v) is 3.36. The van der Waals surface area contributed by atoms with Gasteiger partial charge in [-0.2, -0.15) is 20.9 Å². The Morgan fingerprint density at radius 3 is 2.14 bits per heavy atom. The lowest BCUT2D eigenvalue weighted by molar-refractivity contribution is -0.393. The zero-order chi connectivity index (χ0) is 16.0. The van der Waals surface area contributed by atoms with Crippen LogP contribution < -0.4 is 0 Å². The number of nitrogens with zero attached hydrogens (tertiary/aromatic N) is 7. The monoisotopic (exact) mass is 285 g/mol. The van der Waals surface area contributed by atoms with Gasteiger partial charge in [0.15, 0.2) is 5.69 Å². The molecule has 0 amide bonds. The summed E-state index contributed by atoms with van der Waals surface area (Å²) in [6, 6.07) is 4.32. The molecule has 0 unspecified atom stereocenters. The van der Waals surface area contributed by atoms with E-state index >= 15 is 0 Å². The molecule has 0 heterocycles. The number of non-ortho nitro benzene ring substituents is 1. The number of azo groups is 1. The van der Waals surface area contributed by atoms with Gasteiger partial charge in [-0.15, -0.1) is 5.11 Å². The molecule has 1 aromatic rings. The van der Waals surface area contributed by atoms with E-state index in [0.29, 0.717) is 6.07 Å². The largest absolute Gasteiger partial charge is 0.304 e. The fourth-order valence-corrected chi connectivity index (χ4v) is 1.24. The molecule has 0 saturated carbocycles. The Hall–Kier alpha value is -3.91. The molecule has 0 saturated heterocycles. The zero-order valence-electron chi connectivity index (χ0n) is 10.00. The molecule has 102 valence electrons. The number of rotatable bonds is 4. The van der Waals surface area contributed by atoms with E-state index in [9.17, 15) is 20.2 Å². The van der Waals surface area contributed by atoms with Crippen LogP contribution in [0.3, 0.4) is 0 Å². The van der Waals surface area contributed by atoms with Gasteiger partial charge in [0.05, 0.1) is 21.5 Å². The molecule has 21 heavy (non-hydrogen) atoms. The van der Waals surface area contributed by atoms with E-state index in [1.165, 1.54) is 18.2 Å². The van der Waals surface area contributed by atoms with Crippen LogP contribution in [-0.4, -0.2) is 15.9 Å². The maximum atomic E-state index is 10.9. The van der Waals surface area contributed by atoms with Crippen LogP contribution in [0.25, 0.3) is 0 Å². The first-order valence-electron chi connectivity index (χ1n) is 5.01. The maximum Gasteiger partial charge on any atom is 0.304 e. The van der Waals surface area contributed by atoms with Crippen LogP contribution in [0.5, 0.6) is 0 Å². The van der Waals surface area contributed by atoms with E-state index in [1.807, 2.05) is 0 Å². The van der Waals surface area contributed by atoms with Crippen molar-refractivity contribution in [1.29, 1.82) is 15.8 Å². The number of benzene rings is 1. The molecular weight excluding hydrogens is 282 g/mol. The van der Waals surface area contributed by atoms with E-state index in [4.69, 9.17) is 15.8 Å². The third-order valence-corrected chi connectivity index (χ3v) is 2.12. The first-order valence-corrected chi connectivity index (χ1v) is 5.01. The number of hydrogen-bond donors (Lipinski definition) is 0. The zero-order valence-corrected chi connectivity index (χ0v) is 10.00. The first-order chi connectivity index (χ1) is 9.94. The average molecular weight is 285 g/mol. The molecule has 11 nitrogen and oxygen atoms in total. The molecule has 11 heteroatoms. The highest BCUT2D eigenvalue weighted by Crippen LogP contribution is 2.35. The van der Waals surface area contributed by atoms with Crippen molar-refractivity contribution < 1.29 is 9.85 Å². The van der Waals surface area contributed by atoms with Gasteiger partial charge in [-0.3, -0.25) is 20.2 Å². The lowest BCUT2D eigenvalue weighted by Crippen LogP contribution is -1.97. The Labute approximate surface area is 116 Å². The van der Waals surface area contributed by atoms with Crippen LogP contribution in [-0.2, 0) is 0 Å². The second kappa shape index (κ2) is 6.31. The van der Waals surface area contributed by atoms with E-state index in [1.54, 1.807) is 0 Å². The van der Waals surface area contributed by atoms with E-state index in [0.717, 1.165) is 6.07 Å². The van der Waals surface area contributed by atoms with E-state index in [-0.39, 0.29) is 0 Å². The summed E-state index contributed by atoms with van der Waals surface area (Å²) in [6.07, 6.45) is 0. The average Bonchev–Trinajstić information content (AvgIpc) is 2.47. The van der Waals surface area contributed by atoms with Gasteiger partial charge in [-0.05, 0) is 0 Å². The van der Waals surface area contributed by atoms with Crippen LogP contribution in [0.2, 0.25) is 0 Å². The van der Waals surface area contributed by atoms with Crippen molar-refractivity contribution in [3.63, 3.8) is 0 Å². The molecule has 0 atom stereocenters. The molecule has 0 aliphatic carbocycles. The molecule has 0 radical (unpaired) electrons. The molecular formula is C10H3N7O4. The van der Waals surface area contributed by atoms with Crippen LogP contribution >= 0.6 is 0 Å². The van der Waals surface area contributed by atoms with Gasteiger partial charge in [-0.1, -0.05) is 0 Å². The van der Waals surface area contributed by atoms with Gasteiger partial charge in [0, 0.05) is 6.07 Å². The number of nitriles is 3. The molecule has 0 spiro atoms. The highest BCUT2D eigenvalue weighted by molar-refractivity contribution is 5.70. The van der Waals surface area contributed by atoms with E-state index in [2.05, 4.69) is 10.2 Å². The Bertz CT molecular complexity index is 751. The van der Waals surface area contributed by atoms with Gasteiger partial charge in [0.2, 0.25) is 6.04 Å². The molecule has 1 aromatic carbocycles. The fraction of sp³-hybridized carbons (Fsp3) is 0.100. The Morgan fingerprint density at radius 1 is 1.10 bits per heavy atom. The summed E-state index contributed by atoms with van der Waals surface area (Å²) in [5, 5.41) is 54.0. The van der Waals surface area contributed by atoms with Crippen LogP contribution in [0.4, 0.5) is 17.1 Å². The molecule has 0 N–H and O–H groups in total. The topological polar surface area (TPSA) is 182 Å². The lowest BCUT2D eigenvalue weighted by atomic mass is 10.1. The molecule has 0 aliphatic heterocycles. The van der Waals surface area contributed by atoms with Crippen molar-refractivity contribution in [2.75, 3.05) is 0 Å². The Kier molecular flexibility index (Phi) is 4.55. The van der Waals surface area contributed by atoms with Crippen molar-refractivity contribution in [3.05, 3.63) is 37.9 Å². The smallest absolute Gasteiger partial charge is 0.258 e. The summed E-state index contributed by atoms with van der Waals surface area (Å²) in [5.74, 6) is 0. The predicted molar refractivity (Wildman–Crippen MR) is 64.0 cm³/mol. The minimum atomic E-state index is -1.51. The van der Waals surface area contributed by atoms with Gasteiger partial charge < -0.3 is 0 Å². The second-order valence-electron chi connectivity index (χ2n) is 3.36. The van der Waals surface area contributed by atoms with Gasteiger partial charge in [0.25, 0.3) is 5.69 Å². The molecule has 0 fully saturated rings. The molecule has 0 aliphatic rings. The minimum Gasteiger partial charge on any atom is -0.258 e. The number of hydrogen-bond acceptors (Lipinski definition) is 9. The number of nitro groups is 2. The summed E-state index contributed by atoms with van der Waals surface area (Å²) >= 11 is 0. The van der Waals surface area contributed by atoms with Gasteiger partial charge in [-0.25, -0.2) is 0 Å². The highest BCUT2D eigenvalue weighted by Gasteiger charge is 2.24. The fourth-order valence-electron chi connectivity index (χ4n) is 1.24. The third-order valence-electron chi connectivity index (χ3n) is 2.12. The van der Waals surface area contributed by atoms with Crippen LogP contribution in [0, 0.1) is 54.2 Å². The SMILES string of the molecule is N#Cc1cc([N+](=O)[O-])cc([N+](=O)[O-])c1N=NC(C#N)C#N. The Balaban J connectivity index is 3.54. The lowest BCUT2D eigenvalue weighted by Gasteiger charge is -1.99. The van der Waals surface area contributed by atoms with Crippen molar-refractivity contribution in [2.45, 2.75) is 6.04 Å². The summed E-state index contributed by atoms with van der Waals surface area (Å²) in [6.45, 7) is 0. The minimum absolute atomic E-state index is 0.464. The molecule has 0 bridgehead atoms. The van der Waals surface area contributed by atoms with Crippen molar-refractivity contribution in [2.24, 2.45) is 10.2 Å². The normalized spacial score (nSPS) is 9.81. The molecule has 1 rings (SSSR count). The van der Waals surface area contributed by atoms with Crippen molar-refractivity contribution in [1.82, 2.24) is 0 Å².